The molecule has 5 rings (SSSR count). The molecule has 3 aliphatic rings. The number of fused-ring (bicyclic) bond motifs is 2. The number of anilines is 1. The van der Waals surface area contributed by atoms with Gasteiger partial charge in [0.05, 0.1) is 4.70 Å². The van der Waals surface area contributed by atoms with Crippen LogP contribution >= 0.6 is 11.5 Å². The first-order valence-electron chi connectivity index (χ1n) is 11.9. The van der Waals surface area contributed by atoms with Crippen molar-refractivity contribution in [2.75, 3.05) is 44.2 Å². The monoisotopic (exact) mass is 426 g/mol. The molecule has 0 radical (unpaired) electrons. The van der Waals surface area contributed by atoms with E-state index in [-0.39, 0.29) is 0 Å². The van der Waals surface area contributed by atoms with Gasteiger partial charge in [-0.15, -0.1) is 0 Å². The molecule has 2 saturated heterocycles. The minimum absolute atomic E-state index is 0.419. The number of piperazine rings is 1. The third kappa shape index (κ3) is 4.22. The second-order valence-electron chi connectivity index (χ2n) is 9.28. The topological polar surface area (TPSA) is 39.7 Å². The summed E-state index contributed by atoms with van der Waals surface area (Å²) in [5.74, 6) is 2.37. The molecule has 3 fully saturated rings. The molecule has 3 heterocycles. The van der Waals surface area contributed by atoms with Crippen LogP contribution in [0.15, 0.2) is 24.3 Å². The zero-order valence-corrected chi connectivity index (χ0v) is 18.8. The van der Waals surface area contributed by atoms with Crippen LogP contribution in [0.1, 0.15) is 51.4 Å². The zero-order valence-electron chi connectivity index (χ0n) is 18.0. The molecule has 2 unspecified atom stereocenters. The van der Waals surface area contributed by atoms with Crippen LogP contribution in [-0.4, -0.2) is 65.4 Å². The minimum atomic E-state index is 0.419. The number of rotatable bonds is 6. The number of hydrogen-bond donors (Lipinski definition) is 0. The van der Waals surface area contributed by atoms with Crippen LogP contribution in [0.25, 0.3) is 10.1 Å². The molecule has 2 aliphatic heterocycles. The van der Waals surface area contributed by atoms with Crippen LogP contribution in [0.2, 0.25) is 0 Å². The lowest BCUT2D eigenvalue weighted by atomic mass is 9.78. The average Bonchev–Trinajstić information content (AvgIpc) is 3.22. The van der Waals surface area contributed by atoms with Crippen LogP contribution in [0, 0.1) is 5.92 Å². The van der Waals surface area contributed by atoms with E-state index in [0.717, 1.165) is 64.4 Å². The van der Waals surface area contributed by atoms with Crippen LogP contribution in [-0.2, 0) is 4.79 Å². The summed E-state index contributed by atoms with van der Waals surface area (Å²) in [5.41, 5.74) is 0. The first kappa shape index (κ1) is 20.3. The summed E-state index contributed by atoms with van der Waals surface area (Å²) in [7, 11) is 0. The van der Waals surface area contributed by atoms with Gasteiger partial charge in [0.15, 0.2) is 0 Å². The molecule has 1 amide bonds. The van der Waals surface area contributed by atoms with Crippen LogP contribution < -0.4 is 4.90 Å². The standard InChI is InChI=1S/C24H34N4OS/c29-23-12-11-19-7-1-3-9-21(19)28(23)14-6-5-13-26-15-17-27(18-16-26)24-20-8-2-4-10-22(20)30-25-24/h2,4,8,10,19,21H,1,3,5-7,9,11-18H2. The third-order valence-corrected chi connectivity index (χ3v) is 8.29. The van der Waals surface area contributed by atoms with Gasteiger partial charge >= 0.3 is 0 Å². The maximum Gasteiger partial charge on any atom is 0.222 e. The molecule has 0 bridgehead atoms. The lowest BCUT2D eigenvalue weighted by Gasteiger charge is -2.44. The summed E-state index contributed by atoms with van der Waals surface area (Å²) < 4.78 is 6.00. The van der Waals surface area contributed by atoms with Gasteiger partial charge in [0.25, 0.3) is 0 Å². The van der Waals surface area contributed by atoms with Gasteiger partial charge < -0.3 is 9.80 Å². The fourth-order valence-electron chi connectivity index (χ4n) is 5.76. The maximum atomic E-state index is 12.5. The molecular weight excluding hydrogens is 392 g/mol. The summed E-state index contributed by atoms with van der Waals surface area (Å²) in [4.78, 5) is 19.8. The molecule has 6 heteroatoms. The van der Waals surface area contributed by atoms with Crippen molar-refractivity contribution >= 4 is 33.3 Å². The Morgan fingerprint density at radius 2 is 1.77 bits per heavy atom. The second-order valence-corrected chi connectivity index (χ2v) is 10.1. The summed E-state index contributed by atoms with van der Waals surface area (Å²) in [6, 6.07) is 9.11. The molecule has 0 N–H and O–H groups in total. The fraction of sp³-hybridized carbons (Fsp3) is 0.667. The Hall–Kier alpha value is -1.66. The Morgan fingerprint density at radius 1 is 0.967 bits per heavy atom. The van der Waals surface area contributed by atoms with Crippen molar-refractivity contribution in [1.29, 1.82) is 0 Å². The van der Waals surface area contributed by atoms with Crippen molar-refractivity contribution in [1.82, 2.24) is 14.2 Å². The fourth-order valence-corrected chi connectivity index (χ4v) is 6.56. The Labute approximate surface area is 184 Å². The molecule has 162 valence electrons. The second kappa shape index (κ2) is 9.23. The number of benzene rings is 1. The Bertz CT molecular complexity index is 860. The van der Waals surface area contributed by atoms with E-state index >= 15 is 0 Å². The summed E-state index contributed by atoms with van der Waals surface area (Å²) in [6.45, 7) is 6.47. The number of likely N-dealkylation sites (tertiary alicyclic amines) is 1. The number of carbonyl (C=O) groups is 1. The molecule has 1 aromatic heterocycles. The smallest absolute Gasteiger partial charge is 0.222 e. The highest BCUT2D eigenvalue weighted by Crippen LogP contribution is 2.36. The van der Waals surface area contributed by atoms with Crippen LogP contribution in [0.3, 0.4) is 0 Å². The SMILES string of the molecule is O=C1CCC2CCCCC2N1CCCCN1CCN(c2nsc3ccccc23)CC1. The highest BCUT2D eigenvalue weighted by Gasteiger charge is 2.36. The van der Waals surface area contributed by atoms with Gasteiger partial charge in [-0.2, -0.15) is 4.37 Å². The van der Waals surface area contributed by atoms with Gasteiger partial charge in [0.2, 0.25) is 5.91 Å². The predicted molar refractivity (Wildman–Crippen MR) is 124 cm³/mol. The number of hydrogen-bond acceptors (Lipinski definition) is 5. The Balaban J connectivity index is 1.06. The van der Waals surface area contributed by atoms with Crippen LogP contribution in [0.5, 0.6) is 0 Å². The van der Waals surface area contributed by atoms with Crippen molar-refractivity contribution in [2.45, 2.75) is 57.4 Å². The largest absolute Gasteiger partial charge is 0.353 e. The number of carbonyl (C=O) groups excluding carboxylic acids is 1. The number of piperidine rings is 1. The summed E-state index contributed by atoms with van der Waals surface area (Å²) in [6.07, 6.45) is 9.52. The van der Waals surface area contributed by atoms with E-state index in [1.807, 2.05) is 0 Å². The zero-order chi connectivity index (χ0) is 20.3. The van der Waals surface area contributed by atoms with Gasteiger partial charge in [-0.3, -0.25) is 9.69 Å². The van der Waals surface area contributed by atoms with Crippen molar-refractivity contribution in [3.05, 3.63) is 24.3 Å². The molecule has 2 aromatic rings. The molecule has 5 nitrogen and oxygen atoms in total. The van der Waals surface area contributed by atoms with Gasteiger partial charge in [0, 0.05) is 50.6 Å². The van der Waals surface area contributed by atoms with E-state index in [1.54, 1.807) is 11.5 Å². The van der Waals surface area contributed by atoms with E-state index in [1.165, 1.54) is 48.0 Å². The van der Waals surface area contributed by atoms with Crippen molar-refractivity contribution in [3.8, 4) is 0 Å². The number of nitrogens with zero attached hydrogens (tertiary/aromatic N) is 4. The van der Waals surface area contributed by atoms with Crippen molar-refractivity contribution in [3.63, 3.8) is 0 Å². The van der Waals surface area contributed by atoms with E-state index < -0.39 is 0 Å². The van der Waals surface area contributed by atoms with Crippen molar-refractivity contribution < 1.29 is 4.79 Å². The van der Waals surface area contributed by atoms with E-state index in [0.29, 0.717) is 11.9 Å². The molecular formula is C24H34N4OS. The van der Waals surface area contributed by atoms with Crippen molar-refractivity contribution in [2.24, 2.45) is 5.92 Å². The number of unbranched alkanes of at least 4 members (excludes halogenated alkanes) is 1. The van der Waals surface area contributed by atoms with E-state index in [4.69, 9.17) is 4.37 Å². The summed E-state index contributed by atoms with van der Waals surface area (Å²) in [5, 5.41) is 1.29. The van der Waals surface area contributed by atoms with Gasteiger partial charge in [-0.25, -0.2) is 0 Å². The molecule has 1 aliphatic carbocycles. The van der Waals surface area contributed by atoms with Gasteiger partial charge in [-0.05, 0) is 68.2 Å². The lowest BCUT2D eigenvalue weighted by Crippen LogP contribution is -2.50. The first-order valence-corrected chi connectivity index (χ1v) is 12.7. The maximum absolute atomic E-state index is 12.5. The molecule has 0 spiro atoms. The molecule has 30 heavy (non-hydrogen) atoms. The molecule has 1 aromatic carbocycles. The third-order valence-electron chi connectivity index (χ3n) is 7.47. The van der Waals surface area contributed by atoms with E-state index in [9.17, 15) is 4.79 Å². The minimum Gasteiger partial charge on any atom is -0.353 e. The Kier molecular flexibility index (Phi) is 6.23. The Morgan fingerprint density at radius 3 is 2.67 bits per heavy atom. The first-order chi connectivity index (χ1) is 14.8. The quantitative estimate of drug-likeness (QED) is 0.643. The summed E-state index contributed by atoms with van der Waals surface area (Å²) >= 11 is 1.61. The van der Waals surface area contributed by atoms with E-state index in [2.05, 4.69) is 39.0 Å². The highest BCUT2D eigenvalue weighted by atomic mass is 32.1. The van der Waals surface area contributed by atoms with Gasteiger partial charge in [-0.1, -0.05) is 25.0 Å². The molecule has 2 atom stereocenters. The van der Waals surface area contributed by atoms with Crippen LogP contribution in [0.4, 0.5) is 5.82 Å². The predicted octanol–water partition coefficient (Wildman–Crippen LogP) is 4.38. The average molecular weight is 427 g/mol. The van der Waals surface area contributed by atoms with Gasteiger partial charge in [0.1, 0.15) is 5.82 Å². The normalized spacial score (nSPS) is 25.7. The lowest BCUT2D eigenvalue weighted by molar-refractivity contribution is -0.140. The number of amides is 1. The highest BCUT2D eigenvalue weighted by molar-refractivity contribution is 7.13. The molecule has 1 saturated carbocycles. The number of aromatic nitrogens is 1.